The highest BCUT2D eigenvalue weighted by atomic mass is 15.2. The molecule has 1 N–H and O–H groups in total. The maximum atomic E-state index is 4.22. The van der Waals surface area contributed by atoms with E-state index < -0.39 is 0 Å². The molecule has 0 aromatic carbocycles. The number of nitrogens with zero attached hydrogens (tertiary/aromatic N) is 3. The van der Waals surface area contributed by atoms with Gasteiger partial charge in [0.1, 0.15) is 0 Å². The molecule has 102 valence electrons. The van der Waals surface area contributed by atoms with Crippen molar-refractivity contribution in [2.24, 2.45) is 13.0 Å². The zero-order valence-electron chi connectivity index (χ0n) is 11.9. The normalized spacial score (nSPS) is 20.2. The smallest absolute Gasteiger partial charge is 0.0537 e. The molecular weight excluding hydrogens is 224 g/mol. The highest BCUT2D eigenvalue weighted by molar-refractivity contribution is 5.08. The zero-order valence-corrected chi connectivity index (χ0v) is 11.9. The molecule has 1 atom stereocenters. The SMILES string of the molecule is CC(NCCC1CCN(C)CC1)c1cnn(C)c1. The number of piperidine rings is 1. The Labute approximate surface area is 110 Å². The van der Waals surface area contributed by atoms with Gasteiger partial charge in [-0.15, -0.1) is 0 Å². The van der Waals surface area contributed by atoms with Gasteiger partial charge in [-0.25, -0.2) is 0 Å². The van der Waals surface area contributed by atoms with Gasteiger partial charge in [-0.05, 0) is 58.8 Å². The van der Waals surface area contributed by atoms with Crippen LogP contribution < -0.4 is 5.32 Å². The van der Waals surface area contributed by atoms with E-state index in [0.29, 0.717) is 6.04 Å². The second-order valence-corrected chi connectivity index (χ2v) is 5.66. The van der Waals surface area contributed by atoms with Crippen molar-refractivity contribution < 1.29 is 0 Å². The molecule has 0 saturated carbocycles. The molecule has 0 bridgehead atoms. The number of hydrogen-bond donors (Lipinski definition) is 1. The van der Waals surface area contributed by atoms with E-state index in [0.717, 1.165) is 12.5 Å². The summed E-state index contributed by atoms with van der Waals surface area (Å²) in [5.74, 6) is 0.912. The Bertz CT molecular complexity index is 352. The van der Waals surface area contributed by atoms with E-state index in [9.17, 15) is 0 Å². The largest absolute Gasteiger partial charge is 0.310 e. The lowest BCUT2D eigenvalue weighted by molar-refractivity contribution is 0.211. The average Bonchev–Trinajstić information content (AvgIpc) is 2.78. The Kier molecular flexibility index (Phi) is 4.78. The Balaban J connectivity index is 1.66. The van der Waals surface area contributed by atoms with Crippen molar-refractivity contribution in [2.45, 2.75) is 32.2 Å². The van der Waals surface area contributed by atoms with E-state index in [1.54, 1.807) is 0 Å². The maximum absolute atomic E-state index is 4.22. The van der Waals surface area contributed by atoms with Gasteiger partial charge >= 0.3 is 0 Å². The number of aromatic nitrogens is 2. The van der Waals surface area contributed by atoms with Gasteiger partial charge in [0.2, 0.25) is 0 Å². The van der Waals surface area contributed by atoms with Crippen LogP contribution in [0.5, 0.6) is 0 Å². The zero-order chi connectivity index (χ0) is 13.0. The number of rotatable bonds is 5. The molecule has 1 saturated heterocycles. The first-order valence-electron chi connectivity index (χ1n) is 7.05. The molecule has 2 heterocycles. The van der Waals surface area contributed by atoms with Crippen molar-refractivity contribution in [3.63, 3.8) is 0 Å². The number of likely N-dealkylation sites (tertiary alicyclic amines) is 1. The van der Waals surface area contributed by atoms with Crippen molar-refractivity contribution in [3.05, 3.63) is 18.0 Å². The number of nitrogens with one attached hydrogen (secondary N) is 1. The second-order valence-electron chi connectivity index (χ2n) is 5.66. The molecule has 1 aliphatic rings. The first kappa shape index (κ1) is 13.6. The maximum Gasteiger partial charge on any atom is 0.0537 e. The lowest BCUT2D eigenvalue weighted by Gasteiger charge is -2.29. The van der Waals surface area contributed by atoms with Crippen LogP contribution in [0, 0.1) is 5.92 Å². The predicted molar refractivity (Wildman–Crippen MR) is 74.5 cm³/mol. The Morgan fingerprint density at radius 2 is 2.11 bits per heavy atom. The fraction of sp³-hybridized carbons (Fsp3) is 0.786. The minimum absolute atomic E-state index is 0.407. The highest BCUT2D eigenvalue weighted by Crippen LogP contribution is 2.19. The highest BCUT2D eigenvalue weighted by Gasteiger charge is 2.16. The molecule has 1 aromatic rings. The molecule has 0 amide bonds. The Morgan fingerprint density at radius 1 is 1.39 bits per heavy atom. The van der Waals surface area contributed by atoms with Crippen molar-refractivity contribution in [1.29, 1.82) is 0 Å². The van der Waals surface area contributed by atoms with Gasteiger partial charge < -0.3 is 10.2 Å². The molecule has 0 radical (unpaired) electrons. The molecule has 0 aliphatic carbocycles. The van der Waals surface area contributed by atoms with Gasteiger partial charge in [0, 0.05) is 24.8 Å². The summed E-state index contributed by atoms with van der Waals surface area (Å²) in [5.41, 5.74) is 1.28. The Morgan fingerprint density at radius 3 is 2.72 bits per heavy atom. The van der Waals surface area contributed by atoms with Crippen LogP contribution in [0.25, 0.3) is 0 Å². The molecule has 18 heavy (non-hydrogen) atoms. The second kappa shape index (κ2) is 6.34. The topological polar surface area (TPSA) is 33.1 Å². The summed E-state index contributed by atoms with van der Waals surface area (Å²) in [4.78, 5) is 2.43. The van der Waals surface area contributed by atoms with Crippen LogP contribution in [0.2, 0.25) is 0 Å². The van der Waals surface area contributed by atoms with Crippen molar-refractivity contribution in [2.75, 3.05) is 26.7 Å². The third kappa shape index (κ3) is 3.82. The molecule has 1 aliphatic heterocycles. The minimum atomic E-state index is 0.407. The van der Waals surface area contributed by atoms with E-state index >= 15 is 0 Å². The first-order valence-corrected chi connectivity index (χ1v) is 7.05. The predicted octanol–water partition coefficient (Wildman–Crippen LogP) is 1.80. The summed E-state index contributed by atoms with van der Waals surface area (Å²) in [6, 6.07) is 0.407. The number of hydrogen-bond acceptors (Lipinski definition) is 3. The van der Waals surface area contributed by atoms with Gasteiger partial charge in [0.05, 0.1) is 6.20 Å². The molecule has 0 spiro atoms. The molecule has 1 fully saturated rings. The van der Waals surface area contributed by atoms with Crippen molar-refractivity contribution >= 4 is 0 Å². The van der Waals surface area contributed by atoms with E-state index in [4.69, 9.17) is 0 Å². The molecule has 4 heteroatoms. The van der Waals surface area contributed by atoms with Crippen LogP contribution >= 0.6 is 0 Å². The van der Waals surface area contributed by atoms with E-state index in [-0.39, 0.29) is 0 Å². The van der Waals surface area contributed by atoms with E-state index in [2.05, 4.69) is 35.5 Å². The van der Waals surface area contributed by atoms with E-state index in [1.165, 1.54) is 37.9 Å². The lowest BCUT2D eigenvalue weighted by Crippen LogP contribution is -2.32. The lowest BCUT2D eigenvalue weighted by atomic mass is 9.94. The molecule has 1 unspecified atom stereocenters. The van der Waals surface area contributed by atoms with Gasteiger partial charge in [-0.3, -0.25) is 4.68 Å². The van der Waals surface area contributed by atoms with Crippen molar-refractivity contribution in [1.82, 2.24) is 20.0 Å². The Hall–Kier alpha value is -0.870. The fourth-order valence-electron chi connectivity index (χ4n) is 2.64. The fourth-order valence-corrected chi connectivity index (χ4v) is 2.64. The summed E-state index contributed by atoms with van der Waals surface area (Å²) in [5, 5.41) is 7.82. The summed E-state index contributed by atoms with van der Waals surface area (Å²) < 4.78 is 1.87. The number of aryl methyl sites for hydroxylation is 1. The third-order valence-electron chi connectivity index (χ3n) is 4.07. The monoisotopic (exact) mass is 250 g/mol. The molecule has 2 rings (SSSR count). The summed E-state index contributed by atoms with van der Waals surface area (Å²) >= 11 is 0. The third-order valence-corrected chi connectivity index (χ3v) is 4.07. The van der Waals surface area contributed by atoms with Gasteiger partial charge in [0.25, 0.3) is 0 Å². The van der Waals surface area contributed by atoms with Gasteiger partial charge in [-0.2, -0.15) is 5.10 Å². The molecule has 4 nitrogen and oxygen atoms in total. The van der Waals surface area contributed by atoms with Crippen LogP contribution in [0.15, 0.2) is 12.4 Å². The van der Waals surface area contributed by atoms with Crippen molar-refractivity contribution in [3.8, 4) is 0 Å². The van der Waals surface area contributed by atoms with Crippen LogP contribution in [-0.2, 0) is 7.05 Å². The van der Waals surface area contributed by atoms with Crippen LogP contribution in [-0.4, -0.2) is 41.4 Å². The van der Waals surface area contributed by atoms with Crippen LogP contribution in [0.3, 0.4) is 0 Å². The first-order chi connectivity index (χ1) is 8.65. The summed E-state index contributed by atoms with van der Waals surface area (Å²) in [6.07, 6.45) is 8.07. The molecule has 1 aromatic heterocycles. The summed E-state index contributed by atoms with van der Waals surface area (Å²) in [7, 11) is 4.19. The van der Waals surface area contributed by atoms with Gasteiger partial charge in [-0.1, -0.05) is 0 Å². The standard InChI is InChI=1S/C14H26N4/c1-12(14-10-16-18(3)11-14)15-7-4-13-5-8-17(2)9-6-13/h10-13,15H,4-9H2,1-3H3. The average molecular weight is 250 g/mol. The summed E-state index contributed by atoms with van der Waals surface area (Å²) in [6.45, 7) is 5.86. The molecular formula is C14H26N4. The van der Waals surface area contributed by atoms with Crippen LogP contribution in [0.1, 0.15) is 37.8 Å². The quantitative estimate of drug-likeness (QED) is 0.865. The van der Waals surface area contributed by atoms with Crippen LogP contribution in [0.4, 0.5) is 0 Å². The van der Waals surface area contributed by atoms with E-state index in [1.807, 2.05) is 17.9 Å². The minimum Gasteiger partial charge on any atom is -0.310 e. The van der Waals surface area contributed by atoms with Gasteiger partial charge in [0.15, 0.2) is 0 Å².